The molecule has 0 aliphatic carbocycles. The van der Waals surface area contributed by atoms with Gasteiger partial charge in [0.15, 0.2) is 0 Å². The molecule has 35 heavy (non-hydrogen) atoms. The summed E-state index contributed by atoms with van der Waals surface area (Å²) in [6, 6.07) is 10.1. The van der Waals surface area contributed by atoms with Crippen molar-refractivity contribution >= 4 is 28.6 Å². The molecule has 2 N–H and O–H groups in total. The van der Waals surface area contributed by atoms with E-state index in [0.717, 1.165) is 10.1 Å². The fraction of sp³-hybridized carbons (Fsp3) is 0.250. The molecule has 0 saturated heterocycles. The van der Waals surface area contributed by atoms with E-state index in [1.165, 1.54) is 10.8 Å². The van der Waals surface area contributed by atoms with Crippen LogP contribution in [0.3, 0.4) is 0 Å². The van der Waals surface area contributed by atoms with E-state index in [1.807, 2.05) is 32.0 Å². The SMILES string of the molecule is CCOc1ccc(-n2c(O)c(C=Nc3cc4c(cc3N(C)C)n(C)c(=O)n4C)c(=O)[nH]c2=O)cc1. The third-order valence-electron chi connectivity index (χ3n) is 5.71. The molecular formula is C24H26N6O5. The fourth-order valence-corrected chi connectivity index (χ4v) is 3.87. The zero-order chi connectivity index (χ0) is 25.4. The number of aromatic amines is 1. The summed E-state index contributed by atoms with van der Waals surface area (Å²) >= 11 is 0. The molecule has 0 spiro atoms. The highest BCUT2D eigenvalue weighted by Gasteiger charge is 2.16. The predicted molar refractivity (Wildman–Crippen MR) is 135 cm³/mol. The van der Waals surface area contributed by atoms with Gasteiger partial charge in [-0.2, -0.15) is 0 Å². The van der Waals surface area contributed by atoms with E-state index in [9.17, 15) is 19.5 Å². The minimum absolute atomic E-state index is 0.178. The smallest absolute Gasteiger partial charge is 0.335 e. The Morgan fingerprint density at radius 3 is 2.29 bits per heavy atom. The van der Waals surface area contributed by atoms with Crippen LogP contribution in [0.1, 0.15) is 12.5 Å². The normalized spacial score (nSPS) is 11.5. The van der Waals surface area contributed by atoms with Crippen LogP contribution in [-0.4, -0.2) is 50.7 Å². The molecule has 182 valence electrons. The molecule has 0 bridgehead atoms. The van der Waals surface area contributed by atoms with Crippen LogP contribution >= 0.6 is 0 Å². The van der Waals surface area contributed by atoms with Gasteiger partial charge in [0.05, 0.1) is 34.7 Å². The summed E-state index contributed by atoms with van der Waals surface area (Å²) in [4.78, 5) is 45.9. The Kier molecular flexibility index (Phi) is 6.08. The lowest BCUT2D eigenvalue weighted by molar-refractivity contribution is 0.340. The van der Waals surface area contributed by atoms with E-state index in [-0.39, 0.29) is 11.3 Å². The molecule has 0 saturated carbocycles. The van der Waals surface area contributed by atoms with E-state index < -0.39 is 17.1 Å². The van der Waals surface area contributed by atoms with Crippen LogP contribution in [0, 0.1) is 0 Å². The Bertz CT molecular complexity index is 1620. The number of fused-ring (bicyclic) bond motifs is 1. The topological polar surface area (TPSA) is 127 Å². The number of benzene rings is 2. The number of ether oxygens (including phenoxy) is 1. The Morgan fingerprint density at radius 2 is 1.69 bits per heavy atom. The highest BCUT2D eigenvalue weighted by Crippen LogP contribution is 2.32. The first-order valence-electron chi connectivity index (χ1n) is 10.9. The number of aromatic nitrogens is 4. The van der Waals surface area contributed by atoms with Gasteiger partial charge in [-0.05, 0) is 43.3 Å². The van der Waals surface area contributed by atoms with Gasteiger partial charge in [-0.25, -0.2) is 14.2 Å². The average molecular weight is 479 g/mol. The van der Waals surface area contributed by atoms with Gasteiger partial charge >= 0.3 is 11.4 Å². The van der Waals surface area contributed by atoms with Crippen LogP contribution < -0.4 is 26.6 Å². The molecule has 0 aliphatic rings. The van der Waals surface area contributed by atoms with Crippen molar-refractivity contribution in [2.75, 3.05) is 25.6 Å². The molecule has 0 atom stereocenters. The average Bonchev–Trinajstić information content (AvgIpc) is 3.02. The maximum Gasteiger partial charge on any atom is 0.335 e. The summed E-state index contributed by atoms with van der Waals surface area (Å²) in [7, 11) is 7.01. The molecule has 4 aromatic rings. The van der Waals surface area contributed by atoms with Crippen molar-refractivity contribution in [1.29, 1.82) is 0 Å². The zero-order valence-electron chi connectivity index (χ0n) is 20.1. The first kappa shape index (κ1) is 23.6. The maximum absolute atomic E-state index is 12.5. The lowest BCUT2D eigenvalue weighted by Crippen LogP contribution is -2.31. The number of hydrogen-bond donors (Lipinski definition) is 2. The number of hydrogen-bond acceptors (Lipinski definition) is 7. The second-order valence-corrected chi connectivity index (χ2v) is 8.14. The first-order chi connectivity index (χ1) is 16.6. The summed E-state index contributed by atoms with van der Waals surface area (Å²) in [5.74, 6) is 0.0585. The van der Waals surface area contributed by atoms with Gasteiger partial charge in [0, 0.05) is 34.4 Å². The molecule has 4 rings (SSSR count). The van der Waals surface area contributed by atoms with Crippen molar-refractivity contribution in [3.05, 3.63) is 73.3 Å². The maximum atomic E-state index is 12.5. The minimum atomic E-state index is -0.788. The second-order valence-electron chi connectivity index (χ2n) is 8.14. The number of imidazole rings is 1. The van der Waals surface area contributed by atoms with Crippen molar-refractivity contribution in [2.45, 2.75) is 6.92 Å². The summed E-state index contributed by atoms with van der Waals surface area (Å²) in [6.07, 6.45) is 1.20. The van der Waals surface area contributed by atoms with Gasteiger partial charge in [-0.15, -0.1) is 0 Å². The van der Waals surface area contributed by atoms with E-state index in [0.29, 0.717) is 34.9 Å². The molecule has 11 nitrogen and oxygen atoms in total. The quantitative estimate of drug-likeness (QED) is 0.406. The Balaban J connectivity index is 1.85. The molecule has 2 aromatic carbocycles. The third kappa shape index (κ3) is 4.12. The van der Waals surface area contributed by atoms with Crippen LogP contribution in [0.25, 0.3) is 16.7 Å². The van der Waals surface area contributed by atoms with Gasteiger partial charge in [0.1, 0.15) is 11.3 Å². The second kappa shape index (κ2) is 9.01. The third-order valence-corrected chi connectivity index (χ3v) is 5.71. The summed E-state index contributed by atoms with van der Waals surface area (Å²) < 4.78 is 9.44. The van der Waals surface area contributed by atoms with Gasteiger partial charge in [-0.1, -0.05) is 0 Å². The van der Waals surface area contributed by atoms with E-state index in [1.54, 1.807) is 49.0 Å². The van der Waals surface area contributed by atoms with Gasteiger partial charge in [-0.3, -0.25) is 23.9 Å². The first-order valence-corrected chi connectivity index (χ1v) is 10.9. The van der Waals surface area contributed by atoms with Crippen molar-refractivity contribution in [2.24, 2.45) is 19.1 Å². The lowest BCUT2D eigenvalue weighted by atomic mass is 10.2. The molecule has 0 unspecified atom stereocenters. The molecule has 2 heterocycles. The lowest BCUT2D eigenvalue weighted by Gasteiger charge is -2.16. The Labute approximate surface area is 199 Å². The number of aliphatic imine (C=N–C) groups is 1. The van der Waals surface area contributed by atoms with Crippen LogP contribution in [0.4, 0.5) is 11.4 Å². The van der Waals surface area contributed by atoms with Crippen LogP contribution in [-0.2, 0) is 14.1 Å². The molecule has 0 aliphatic heterocycles. The largest absolute Gasteiger partial charge is 0.494 e. The Hall–Kier alpha value is -4.54. The molecule has 0 amide bonds. The van der Waals surface area contributed by atoms with Crippen molar-refractivity contribution in [1.82, 2.24) is 18.7 Å². The summed E-state index contributed by atoms with van der Waals surface area (Å²) in [5, 5.41) is 10.8. The van der Waals surface area contributed by atoms with Gasteiger partial charge in [0.2, 0.25) is 5.88 Å². The predicted octanol–water partition coefficient (Wildman–Crippen LogP) is 1.64. The molecule has 11 heteroatoms. The number of H-pyrrole nitrogens is 1. The van der Waals surface area contributed by atoms with Crippen LogP contribution in [0.15, 0.2) is 55.8 Å². The number of aromatic hydroxyl groups is 1. The van der Waals surface area contributed by atoms with Crippen molar-refractivity contribution < 1.29 is 9.84 Å². The molecule has 2 aromatic heterocycles. The minimum Gasteiger partial charge on any atom is -0.494 e. The number of nitrogens with zero attached hydrogens (tertiary/aromatic N) is 5. The highest BCUT2D eigenvalue weighted by atomic mass is 16.5. The van der Waals surface area contributed by atoms with Crippen LogP contribution in [0.2, 0.25) is 0 Å². The van der Waals surface area contributed by atoms with E-state index in [2.05, 4.69) is 9.98 Å². The van der Waals surface area contributed by atoms with E-state index in [4.69, 9.17) is 4.74 Å². The standard InChI is InChI=1S/C24H26N6O5/c1-6-35-15-9-7-14(8-10-15)30-22(32)16(21(31)26-23(30)33)13-25-17-11-19-20(12-18(17)27(2)3)29(5)24(34)28(19)4/h7-13,32H,6H2,1-5H3,(H,26,31,33). The zero-order valence-corrected chi connectivity index (χ0v) is 20.1. The Morgan fingerprint density at radius 1 is 1.06 bits per heavy atom. The highest BCUT2D eigenvalue weighted by molar-refractivity contribution is 5.91. The number of nitrogens with one attached hydrogen (secondary N) is 1. The molecule has 0 fully saturated rings. The van der Waals surface area contributed by atoms with Crippen molar-refractivity contribution in [3.8, 4) is 17.3 Å². The molecular weight excluding hydrogens is 452 g/mol. The van der Waals surface area contributed by atoms with Crippen LogP contribution in [0.5, 0.6) is 11.6 Å². The van der Waals surface area contributed by atoms with Gasteiger partial charge < -0.3 is 14.7 Å². The van der Waals surface area contributed by atoms with Crippen molar-refractivity contribution in [3.63, 3.8) is 0 Å². The monoisotopic (exact) mass is 478 g/mol. The summed E-state index contributed by atoms with van der Waals surface area (Å²) in [5.41, 5.74) is 0.968. The number of aryl methyl sites for hydroxylation is 2. The summed E-state index contributed by atoms with van der Waals surface area (Å²) in [6.45, 7) is 2.34. The van der Waals surface area contributed by atoms with Gasteiger partial charge in [0.25, 0.3) is 5.56 Å². The number of anilines is 1. The van der Waals surface area contributed by atoms with E-state index >= 15 is 0 Å². The molecule has 0 radical (unpaired) electrons. The number of rotatable bonds is 6. The fourth-order valence-electron chi connectivity index (χ4n) is 3.87.